The van der Waals surface area contributed by atoms with E-state index in [-0.39, 0.29) is 11.9 Å². The molecule has 1 N–H and O–H groups in total. The summed E-state index contributed by atoms with van der Waals surface area (Å²) in [5.74, 6) is 1.69. The molecule has 2 nitrogen and oxygen atoms in total. The predicted octanol–water partition coefficient (Wildman–Crippen LogP) is 2.35. The van der Waals surface area contributed by atoms with Crippen LogP contribution >= 0.6 is 27.7 Å². The van der Waals surface area contributed by atoms with Crippen molar-refractivity contribution in [2.45, 2.75) is 6.04 Å². The Morgan fingerprint density at radius 3 is 2.71 bits per heavy atom. The molecule has 1 aromatic carbocycles. The molecule has 0 spiro atoms. The highest BCUT2D eigenvalue weighted by Gasteiger charge is 2.19. The first-order valence-electron chi connectivity index (χ1n) is 4.38. The van der Waals surface area contributed by atoms with Crippen molar-refractivity contribution < 1.29 is 4.79 Å². The Morgan fingerprint density at radius 2 is 2.07 bits per heavy atom. The first-order chi connectivity index (χ1) is 6.75. The summed E-state index contributed by atoms with van der Waals surface area (Å²) in [4.78, 5) is 11.2. The van der Waals surface area contributed by atoms with Gasteiger partial charge in [0.2, 0.25) is 5.91 Å². The van der Waals surface area contributed by atoms with Gasteiger partial charge in [-0.05, 0) is 17.7 Å². The summed E-state index contributed by atoms with van der Waals surface area (Å²) >= 11 is 5.08. The lowest BCUT2D eigenvalue weighted by Crippen LogP contribution is -2.35. The molecule has 1 heterocycles. The minimum Gasteiger partial charge on any atom is -0.348 e. The summed E-state index contributed by atoms with van der Waals surface area (Å²) in [5.41, 5.74) is 1.17. The van der Waals surface area contributed by atoms with Gasteiger partial charge < -0.3 is 5.32 Å². The van der Waals surface area contributed by atoms with Crippen molar-refractivity contribution in [2.75, 3.05) is 11.5 Å². The summed E-state index contributed by atoms with van der Waals surface area (Å²) in [6, 6.07) is 8.26. The lowest BCUT2D eigenvalue weighted by molar-refractivity contribution is -0.119. The van der Waals surface area contributed by atoms with E-state index in [1.165, 1.54) is 5.56 Å². The van der Waals surface area contributed by atoms with Crippen LogP contribution in [0, 0.1) is 0 Å². The lowest BCUT2D eigenvalue weighted by Gasteiger charge is -2.23. The molecule has 1 unspecified atom stereocenters. The Morgan fingerprint density at radius 1 is 1.36 bits per heavy atom. The van der Waals surface area contributed by atoms with Crippen LogP contribution in [0.5, 0.6) is 0 Å². The monoisotopic (exact) mass is 271 g/mol. The van der Waals surface area contributed by atoms with Crippen molar-refractivity contribution in [2.24, 2.45) is 0 Å². The lowest BCUT2D eigenvalue weighted by atomic mass is 10.1. The van der Waals surface area contributed by atoms with Crippen LogP contribution in [0.3, 0.4) is 0 Å². The maximum absolute atomic E-state index is 11.2. The van der Waals surface area contributed by atoms with Gasteiger partial charge in [-0.25, -0.2) is 0 Å². The molecule has 0 aromatic heterocycles. The minimum atomic E-state index is 0.133. The molecule has 1 aromatic rings. The van der Waals surface area contributed by atoms with Crippen molar-refractivity contribution in [3.05, 3.63) is 34.3 Å². The fraction of sp³-hybridized carbons (Fsp3) is 0.300. The van der Waals surface area contributed by atoms with Gasteiger partial charge in [-0.2, -0.15) is 0 Å². The van der Waals surface area contributed by atoms with Gasteiger partial charge in [-0.15, -0.1) is 11.8 Å². The number of halogens is 1. The molecule has 0 radical (unpaired) electrons. The van der Waals surface area contributed by atoms with Crippen molar-refractivity contribution in [1.29, 1.82) is 0 Å². The standard InChI is InChI=1S/C10H10BrNOS/c11-8-3-1-7(2-4-8)9-5-14-6-10(13)12-9/h1-4,9H,5-6H2,(H,12,13). The summed E-state index contributed by atoms with van der Waals surface area (Å²) in [5, 5.41) is 2.98. The molecule has 14 heavy (non-hydrogen) atoms. The van der Waals surface area contributed by atoms with Gasteiger partial charge in [0.15, 0.2) is 0 Å². The van der Waals surface area contributed by atoms with Crippen molar-refractivity contribution in [1.82, 2.24) is 5.32 Å². The van der Waals surface area contributed by atoms with Gasteiger partial charge in [0.05, 0.1) is 11.8 Å². The number of carbonyl (C=O) groups excluding carboxylic acids is 1. The van der Waals surface area contributed by atoms with E-state index in [1.807, 2.05) is 24.3 Å². The second-order valence-corrected chi connectivity index (χ2v) is 5.13. The van der Waals surface area contributed by atoms with E-state index in [9.17, 15) is 4.79 Å². The fourth-order valence-corrected chi connectivity index (χ4v) is 2.58. The second kappa shape index (κ2) is 4.36. The maximum Gasteiger partial charge on any atom is 0.230 e. The van der Waals surface area contributed by atoms with E-state index in [4.69, 9.17) is 0 Å². The zero-order chi connectivity index (χ0) is 9.97. The van der Waals surface area contributed by atoms with Crippen LogP contribution in [0.4, 0.5) is 0 Å². The highest BCUT2D eigenvalue weighted by molar-refractivity contribution is 9.10. The Balaban J connectivity index is 2.14. The molecule has 1 saturated heterocycles. The van der Waals surface area contributed by atoms with Crippen LogP contribution < -0.4 is 5.32 Å². The number of carbonyl (C=O) groups is 1. The van der Waals surface area contributed by atoms with Gasteiger partial charge >= 0.3 is 0 Å². The van der Waals surface area contributed by atoms with Crippen molar-refractivity contribution in [3.63, 3.8) is 0 Å². The zero-order valence-corrected chi connectivity index (χ0v) is 9.90. The quantitative estimate of drug-likeness (QED) is 0.850. The molecule has 0 saturated carbocycles. The smallest absolute Gasteiger partial charge is 0.230 e. The van der Waals surface area contributed by atoms with Crippen LogP contribution in [0.25, 0.3) is 0 Å². The molecule has 74 valence electrons. The Hall–Kier alpha value is -0.480. The topological polar surface area (TPSA) is 29.1 Å². The molecule has 1 atom stereocenters. The molecule has 1 fully saturated rings. The number of amides is 1. The summed E-state index contributed by atoms with van der Waals surface area (Å²) in [6.07, 6.45) is 0. The molecule has 0 aliphatic carbocycles. The van der Waals surface area contributed by atoms with Gasteiger partial charge in [-0.3, -0.25) is 4.79 Å². The van der Waals surface area contributed by atoms with Crippen LogP contribution in [0.2, 0.25) is 0 Å². The average Bonchev–Trinajstić information content (AvgIpc) is 2.19. The Labute approximate surface area is 95.6 Å². The van der Waals surface area contributed by atoms with E-state index < -0.39 is 0 Å². The number of benzene rings is 1. The summed E-state index contributed by atoms with van der Waals surface area (Å²) in [6.45, 7) is 0. The molecule has 1 aliphatic heterocycles. The van der Waals surface area contributed by atoms with Crippen LogP contribution in [-0.4, -0.2) is 17.4 Å². The highest BCUT2D eigenvalue weighted by Crippen LogP contribution is 2.23. The van der Waals surface area contributed by atoms with E-state index in [0.717, 1.165) is 10.2 Å². The molecule has 4 heteroatoms. The molecule has 0 bridgehead atoms. The molecular formula is C10H10BrNOS. The summed E-state index contributed by atoms with van der Waals surface area (Å²) in [7, 11) is 0. The van der Waals surface area contributed by atoms with E-state index in [0.29, 0.717) is 5.75 Å². The molecular weight excluding hydrogens is 262 g/mol. The fourth-order valence-electron chi connectivity index (χ4n) is 1.42. The third-order valence-electron chi connectivity index (χ3n) is 2.13. The van der Waals surface area contributed by atoms with E-state index in [2.05, 4.69) is 21.2 Å². The third kappa shape index (κ3) is 2.30. The number of hydrogen-bond donors (Lipinski definition) is 1. The van der Waals surface area contributed by atoms with Crippen LogP contribution in [-0.2, 0) is 4.79 Å². The normalized spacial score (nSPS) is 21.8. The zero-order valence-electron chi connectivity index (χ0n) is 7.50. The van der Waals surface area contributed by atoms with Gasteiger partial charge in [0, 0.05) is 10.2 Å². The number of rotatable bonds is 1. The third-order valence-corrected chi connectivity index (χ3v) is 3.69. The average molecular weight is 272 g/mol. The van der Waals surface area contributed by atoms with Gasteiger partial charge in [0.1, 0.15) is 0 Å². The summed E-state index contributed by atoms with van der Waals surface area (Å²) < 4.78 is 1.07. The SMILES string of the molecule is O=C1CSCC(c2ccc(Br)cc2)N1. The van der Waals surface area contributed by atoms with Crippen molar-refractivity contribution in [3.8, 4) is 0 Å². The number of thioether (sulfide) groups is 1. The van der Waals surface area contributed by atoms with Gasteiger partial charge in [0.25, 0.3) is 0 Å². The highest BCUT2D eigenvalue weighted by atomic mass is 79.9. The second-order valence-electron chi connectivity index (χ2n) is 3.19. The van der Waals surface area contributed by atoms with Crippen molar-refractivity contribution >= 4 is 33.6 Å². The van der Waals surface area contributed by atoms with Gasteiger partial charge in [-0.1, -0.05) is 28.1 Å². The Kier molecular flexibility index (Phi) is 3.13. The minimum absolute atomic E-state index is 0.133. The number of hydrogen-bond acceptors (Lipinski definition) is 2. The molecule has 2 rings (SSSR count). The predicted molar refractivity (Wildman–Crippen MR) is 62.4 cm³/mol. The number of nitrogens with one attached hydrogen (secondary N) is 1. The first kappa shape index (κ1) is 10.1. The maximum atomic E-state index is 11.2. The van der Waals surface area contributed by atoms with E-state index in [1.54, 1.807) is 11.8 Å². The van der Waals surface area contributed by atoms with Crippen LogP contribution in [0.15, 0.2) is 28.7 Å². The van der Waals surface area contributed by atoms with Crippen LogP contribution in [0.1, 0.15) is 11.6 Å². The molecule has 1 aliphatic rings. The molecule has 1 amide bonds. The Bertz CT molecular complexity index is 338. The largest absolute Gasteiger partial charge is 0.348 e. The first-order valence-corrected chi connectivity index (χ1v) is 6.33. The van der Waals surface area contributed by atoms with E-state index >= 15 is 0 Å².